The monoisotopic (exact) mass is 188 g/mol. The van der Waals surface area contributed by atoms with Crippen molar-refractivity contribution in [3.8, 4) is 0 Å². The van der Waals surface area contributed by atoms with Gasteiger partial charge in [-0.3, -0.25) is 0 Å². The Morgan fingerprint density at radius 2 is 1.85 bits per heavy atom. The average Bonchev–Trinajstić information content (AvgIpc) is 1.96. The SMILES string of the molecule is NC(=O)N[C@@H](CCC(=O)[O-])C(=O)[O-]. The molecule has 7 nitrogen and oxygen atoms in total. The van der Waals surface area contributed by atoms with Crippen molar-refractivity contribution in [3.63, 3.8) is 0 Å². The number of aliphatic carboxylic acids is 2. The van der Waals surface area contributed by atoms with Crippen LogP contribution >= 0.6 is 0 Å². The van der Waals surface area contributed by atoms with Gasteiger partial charge >= 0.3 is 6.03 Å². The Balaban J connectivity index is 4.02. The molecule has 0 fully saturated rings. The molecule has 0 rings (SSSR count). The number of nitrogens with two attached hydrogens (primary N) is 1. The smallest absolute Gasteiger partial charge is 0.312 e. The summed E-state index contributed by atoms with van der Waals surface area (Å²) in [5, 5.41) is 22.0. The Bertz CT molecular complexity index is 227. The first-order valence-corrected chi connectivity index (χ1v) is 3.40. The summed E-state index contributed by atoms with van der Waals surface area (Å²) in [4.78, 5) is 30.4. The molecule has 1 atom stereocenters. The Kier molecular flexibility index (Phi) is 4.28. The number of urea groups is 1. The number of hydrogen-bond donors (Lipinski definition) is 2. The van der Waals surface area contributed by atoms with Gasteiger partial charge in [-0.2, -0.15) is 0 Å². The van der Waals surface area contributed by atoms with E-state index >= 15 is 0 Å². The summed E-state index contributed by atoms with van der Waals surface area (Å²) in [6.45, 7) is 0. The minimum atomic E-state index is -1.58. The van der Waals surface area contributed by atoms with Crippen LogP contribution in [0.15, 0.2) is 0 Å². The van der Waals surface area contributed by atoms with Gasteiger partial charge in [0.2, 0.25) is 0 Å². The highest BCUT2D eigenvalue weighted by Gasteiger charge is 2.10. The van der Waals surface area contributed by atoms with Crippen molar-refractivity contribution in [1.29, 1.82) is 0 Å². The number of primary amides is 1. The lowest BCUT2D eigenvalue weighted by atomic mass is 10.1. The van der Waals surface area contributed by atoms with Gasteiger partial charge in [0.15, 0.2) is 0 Å². The van der Waals surface area contributed by atoms with E-state index in [1.165, 1.54) is 0 Å². The van der Waals surface area contributed by atoms with Crippen LogP contribution in [-0.4, -0.2) is 24.0 Å². The van der Waals surface area contributed by atoms with E-state index in [2.05, 4.69) is 5.73 Å². The van der Waals surface area contributed by atoms with Gasteiger partial charge in [-0.15, -0.1) is 0 Å². The van der Waals surface area contributed by atoms with Crippen molar-refractivity contribution < 1.29 is 24.6 Å². The summed E-state index contributed by atoms with van der Waals surface area (Å²) in [5.74, 6) is -2.99. The highest BCUT2D eigenvalue weighted by atomic mass is 16.4. The Hall–Kier alpha value is -1.79. The fraction of sp³-hybridized carbons (Fsp3) is 0.500. The number of rotatable bonds is 5. The van der Waals surface area contributed by atoms with E-state index in [1.54, 1.807) is 0 Å². The zero-order valence-electron chi connectivity index (χ0n) is 6.61. The zero-order valence-corrected chi connectivity index (χ0v) is 6.61. The molecule has 7 heteroatoms. The molecule has 0 saturated heterocycles. The van der Waals surface area contributed by atoms with E-state index in [0.717, 1.165) is 0 Å². The maximum absolute atomic E-state index is 10.3. The molecule has 74 valence electrons. The van der Waals surface area contributed by atoms with Crippen LogP contribution in [0.1, 0.15) is 12.8 Å². The number of carbonyl (C=O) groups is 3. The van der Waals surface area contributed by atoms with Crippen LogP contribution in [0.2, 0.25) is 0 Å². The Labute approximate surface area is 73.5 Å². The molecule has 0 aromatic rings. The van der Waals surface area contributed by atoms with Crippen molar-refractivity contribution in [2.45, 2.75) is 18.9 Å². The first-order valence-electron chi connectivity index (χ1n) is 3.40. The minimum absolute atomic E-state index is 0.312. The quantitative estimate of drug-likeness (QED) is 0.457. The molecule has 2 amide bonds. The number of carboxylic acids is 2. The third-order valence-corrected chi connectivity index (χ3v) is 1.24. The molecule has 0 aliphatic carbocycles. The molecule has 0 heterocycles. The van der Waals surface area contributed by atoms with E-state index in [-0.39, 0.29) is 6.42 Å². The second-order valence-corrected chi connectivity index (χ2v) is 2.29. The number of nitrogens with one attached hydrogen (secondary N) is 1. The summed E-state index contributed by atoms with van der Waals surface area (Å²) in [6.07, 6.45) is -0.799. The average molecular weight is 188 g/mol. The molecule has 0 spiro atoms. The summed E-state index contributed by atoms with van der Waals surface area (Å²) < 4.78 is 0. The zero-order chi connectivity index (χ0) is 10.4. The minimum Gasteiger partial charge on any atom is -0.550 e. The molecule has 0 aliphatic rings. The second kappa shape index (κ2) is 4.96. The lowest BCUT2D eigenvalue weighted by Crippen LogP contribution is -2.50. The van der Waals surface area contributed by atoms with Crippen LogP contribution in [0.4, 0.5) is 4.79 Å². The molecule has 0 aliphatic heterocycles. The molecule has 3 N–H and O–H groups in total. The number of hydrogen-bond acceptors (Lipinski definition) is 5. The van der Waals surface area contributed by atoms with Gasteiger partial charge in [0, 0.05) is 5.97 Å². The van der Waals surface area contributed by atoms with E-state index in [1.807, 2.05) is 5.32 Å². The largest absolute Gasteiger partial charge is 0.550 e. The highest BCUT2D eigenvalue weighted by Crippen LogP contribution is 1.94. The van der Waals surface area contributed by atoms with Gasteiger partial charge in [0.1, 0.15) is 0 Å². The van der Waals surface area contributed by atoms with Crippen LogP contribution in [0.25, 0.3) is 0 Å². The number of carbonyl (C=O) groups excluding carboxylic acids is 3. The lowest BCUT2D eigenvalue weighted by Gasteiger charge is -2.18. The summed E-state index contributed by atoms with van der Waals surface area (Å²) in [7, 11) is 0. The molecule has 0 aromatic heterocycles. The van der Waals surface area contributed by atoms with Gasteiger partial charge in [0.05, 0.1) is 12.0 Å². The summed E-state index contributed by atoms with van der Waals surface area (Å²) >= 11 is 0. The second-order valence-electron chi connectivity index (χ2n) is 2.29. The van der Waals surface area contributed by atoms with Gasteiger partial charge in [-0.25, -0.2) is 4.79 Å². The van der Waals surface area contributed by atoms with Gasteiger partial charge in [-0.1, -0.05) is 0 Å². The molecule has 0 saturated carbocycles. The van der Waals surface area contributed by atoms with E-state index in [4.69, 9.17) is 0 Å². The van der Waals surface area contributed by atoms with Crippen LogP contribution in [0.5, 0.6) is 0 Å². The molecular formula is C6H8N2O5-2. The maximum atomic E-state index is 10.3. The van der Waals surface area contributed by atoms with Crippen molar-refractivity contribution in [2.75, 3.05) is 0 Å². The molecular weight excluding hydrogens is 180 g/mol. The van der Waals surface area contributed by atoms with E-state index < -0.39 is 30.4 Å². The first-order chi connectivity index (χ1) is 5.93. The first kappa shape index (κ1) is 11.2. The molecule has 0 aromatic carbocycles. The van der Waals surface area contributed by atoms with Crippen molar-refractivity contribution in [3.05, 3.63) is 0 Å². The van der Waals surface area contributed by atoms with Crippen molar-refractivity contribution in [1.82, 2.24) is 5.32 Å². The molecule has 0 radical (unpaired) electrons. The van der Waals surface area contributed by atoms with Crippen LogP contribution in [0.3, 0.4) is 0 Å². The molecule has 13 heavy (non-hydrogen) atoms. The van der Waals surface area contributed by atoms with Crippen LogP contribution in [-0.2, 0) is 9.59 Å². The summed E-state index contributed by atoms with van der Waals surface area (Å²) in [6, 6.07) is -2.44. The van der Waals surface area contributed by atoms with E-state index in [0.29, 0.717) is 0 Å². The fourth-order valence-electron chi connectivity index (χ4n) is 0.683. The molecule has 0 bridgehead atoms. The normalized spacial score (nSPS) is 11.7. The van der Waals surface area contributed by atoms with Crippen LogP contribution < -0.4 is 21.3 Å². The topological polar surface area (TPSA) is 135 Å². The van der Waals surface area contributed by atoms with Crippen molar-refractivity contribution in [2.24, 2.45) is 5.73 Å². The van der Waals surface area contributed by atoms with Crippen molar-refractivity contribution >= 4 is 18.0 Å². The lowest BCUT2D eigenvalue weighted by molar-refractivity contribution is -0.309. The highest BCUT2D eigenvalue weighted by molar-refractivity contribution is 5.80. The van der Waals surface area contributed by atoms with Gasteiger partial charge in [-0.05, 0) is 12.8 Å². The number of carboxylic acid groups (broad SMARTS) is 2. The Morgan fingerprint density at radius 3 is 2.15 bits per heavy atom. The standard InChI is InChI=1S/C6H10N2O5/c7-6(13)8-3(5(11)12)1-2-4(9)10/h3H,1-2H2,(H,9,10)(H,11,12)(H3,7,8,13)/p-2/t3-/m0/s1. The predicted molar refractivity (Wildman–Crippen MR) is 35.8 cm³/mol. The van der Waals surface area contributed by atoms with Gasteiger partial charge in [0.25, 0.3) is 0 Å². The van der Waals surface area contributed by atoms with Gasteiger partial charge < -0.3 is 30.9 Å². The third-order valence-electron chi connectivity index (χ3n) is 1.24. The van der Waals surface area contributed by atoms with E-state index in [9.17, 15) is 24.6 Å². The maximum Gasteiger partial charge on any atom is 0.312 e. The predicted octanol–water partition coefficient (Wildman–Crippen LogP) is -3.70. The number of amides is 2. The fourth-order valence-corrected chi connectivity index (χ4v) is 0.683. The molecule has 0 unspecified atom stereocenters. The third kappa shape index (κ3) is 5.48. The summed E-state index contributed by atoms with van der Waals surface area (Å²) in [5.41, 5.74) is 4.63. The van der Waals surface area contributed by atoms with Crippen LogP contribution in [0, 0.1) is 0 Å². The Morgan fingerprint density at radius 1 is 1.31 bits per heavy atom.